The van der Waals surface area contributed by atoms with Crippen LogP contribution in [0.4, 0.5) is 4.39 Å². The standard InChI is InChI=1S/C18H22FN3O2/c1-2-9-21(13-17-4-3-10-24-17)18(23)14-11-20-22(12-14)16-7-5-15(19)6-8-16/h5-8,11-12,17H,2-4,9-10,13H2,1H3/t17-/m0/s1. The molecule has 0 N–H and O–H groups in total. The van der Waals surface area contributed by atoms with Gasteiger partial charge in [-0.1, -0.05) is 6.92 Å². The molecule has 0 unspecified atom stereocenters. The van der Waals surface area contributed by atoms with Crippen LogP contribution < -0.4 is 0 Å². The van der Waals surface area contributed by atoms with Gasteiger partial charge in [-0.15, -0.1) is 0 Å². The van der Waals surface area contributed by atoms with Crippen LogP contribution in [0.1, 0.15) is 36.5 Å². The Morgan fingerprint density at radius 1 is 1.42 bits per heavy atom. The van der Waals surface area contributed by atoms with Gasteiger partial charge in [-0.2, -0.15) is 5.10 Å². The molecule has 24 heavy (non-hydrogen) atoms. The van der Waals surface area contributed by atoms with E-state index < -0.39 is 0 Å². The molecule has 1 saturated heterocycles. The lowest BCUT2D eigenvalue weighted by atomic mass is 10.2. The number of carbonyl (C=O) groups is 1. The van der Waals surface area contributed by atoms with E-state index in [4.69, 9.17) is 4.74 Å². The van der Waals surface area contributed by atoms with Gasteiger partial charge in [-0.3, -0.25) is 4.79 Å². The average Bonchev–Trinajstić information content (AvgIpc) is 3.26. The molecule has 1 aliphatic heterocycles. The van der Waals surface area contributed by atoms with E-state index in [0.717, 1.165) is 31.6 Å². The predicted octanol–water partition coefficient (Wildman–Crippen LogP) is 3.04. The van der Waals surface area contributed by atoms with Gasteiger partial charge in [-0.25, -0.2) is 9.07 Å². The number of aromatic nitrogens is 2. The molecule has 2 aromatic rings. The van der Waals surface area contributed by atoms with Crippen molar-refractivity contribution in [1.82, 2.24) is 14.7 Å². The minimum absolute atomic E-state index is 0.0410. The molecular formula is C18H22FN3O2. The topological polar surface area (TPSA) is 47.4 Å². The van der Waals surface area contributed by atoms with Crippen molar-refractivity contribution in [2.75, 3.05) is 19.7 Å². The maximum atomic E-state index is 13.0. The summed E-state index contributed by atoms with van der Waals surface area (Å²) in [5.74, 6) is -0.339. The van der Waals surface area contributed by atoms with Crippen molar-refractivity contribution in [3.63, 3.8) is 0 Å². The zero-order valence-electron chi connectivity index (χ0n) is 13.8. The number of carbonyl (C=O) groups excluding carboxylic acids is 1. The zero-order chi connectivity index (χ0) is 16.9. The van der Waals surface area contributed by atoms with E-state index in [2.05, 4.69) is 12.0 Å². The van der Waals surface area contributed by atoms with Crippen LogP contribution in [0.2, 0.25) is 0 Å². The van der Waals surface area contributed by atoms with Crippen LogP contribution in [0, 0.1) is 5.82 Å². The fourth-order valence-electron chi connectivity index (χ4n) is 2.93. The van der Waals surface area contributed by atoms with E-state index in [9.17, 15) is 9.18 Å². The molecule has 6 heteroatoms. The first kappa shape index (κ1) is 16.6. The SMILES string of the molecule is CCCN(C[C@@H]1CCCO1)C(=O)c1cnn(-c2ccc(F)cc2)c1. The summed E-state index contributed by atoms with van der Waals surface area (Å²) in [6.45, 7) is 4.15. The van der Waals surface area contributed by atoms with Gasteiger partial charge in [-0.05, 0) is 43.5 Å². The molecule has 1 aromatic carbocycles. The lowest BCUT2D eigenvalue weighted by Gasteiger charge is -2.24. The van der Waals surface area contributed by atoms with Gasteiger partial charge in [0.05, 0.1) is 23.6 Å². The fraction of sp³-hybridized carbons (Fsp3) is 0.444. The molecule has 0 aliphatic carbocycles. The van der Waals surface area contributed by atoms with Gasteiger partial charge in [0, 0.05) is 25.9 Å². The van der Waals surface area contributed by atoms with Gasteiger partial charge in [0.25, 0.3) is 5.91 Å². The summed E-state index contributed by atoms with van der Waals surface area (Å²) in [6, 6.07) is 6.01. The minimum Gasteiger partial charge on any atom is -0.376 e. The smallest absolute Gasteiger partial charge is 0.257 e. The van der Waals surface area contributed by atoms with Crippen molar-refractivity contribution in [3.8, 4) is 5.69 Å². The molecule has 5 nitrogen and oxygen atoms in total. The number of ether oxygens (including phenoxy) is 1. The molecule has 1 aliphatic rings. The van der Waals surface area contributed by atoms with E-state index in [-0.39, 0.29) is 17.8 Å². The third-order valence-electron chi connectivity index (χ3n) is 4.15. The van der Waals surface area contributed by atoms with Crippen LogP contribution in [0.15, 0.2) is 36.7 Å². The van der Waals surface area contributed by atoms with Gasteiger partial charge >= 0.3 is 0 Å². The number of hydrogen-bond acceptors (Lipinski definition) is 3. The van der Waals surface area contributed by atoms with E-state index in [0.29, 0.717) is 18.7 Å². The van der Waals surface area contributed by atoms with Gasteiger partial charge in [0.1, 0.15) is 5.82 Å². The minimum atomic E-state index is -0.298. The highest BCUT2D eigenvalue weighted by Gasteiger charge is 2.23. The Bertz CT molecular complexity index is 678. The largest absolute Gasteiger partial charge is 0.376 e. The number of amides is 1. The molecule has 1 fully saturated rings. The van der Waals surface area contributed by atoms with Crippen LogP contribution in [-0.4, -0.2) is 46.4 Å². The van der Waals surface area contributed by atoms with Crippen molar-refractivity contribution in [1.29, 1.82) is 0 Å². The summed E-state index contributed by atoms with van der Waals surface area (Å²) < 4.78 is 20.3. The lowest BCUT2D eigenvalue weighted by molar-refractivity contribution is 0.0526. The number of rotatable bonds is 6. The highest BCUT2D eigenvalue weighted by molar-refractivity contribution is 5.93. The first-order chi connectivity index (χ1) is 11.7. The summed E-state index contributed by atoms with van der Waals surface area (Å²) in [7, 11) is 0. The van der Waals surface area contributed by atoms with Crippen LogP contribution in [0.3, 0.4) is 0 Å². The summed E-state index contributed by atoms with van der Waals surface area (Å²) in [6.07, 6.45) is 6.33. The van der Waals surface area contributed by atoms with Crippen LogP contribution >= 0.6 is 0 Å². The second-order valence-corrected chi connectivity index (χ2v) is 6.04. The first-order valence-corrected chi connectivity index (χ1v) is 8.39. The lowest BCUT2D eigenvalue weighted by Crippen LogP contribution is -2.37. The number of halogens is 1. The molecule has 1 amide bonds. The van der Waals surface area contributed by atoms with E-state index in [1.54, 1.807) is 29.2 Å². The Kier molecular flexibility index (Phi) is 5.25. The van der Waals surface area contributed by atoms with Crippen molar-refractivity contribution >= 4 is 5.91 Å². The molecule has 2 heterocycles. The second kappa shape index (κ2) is 7.57. The van der Waals surface area contributed by atoms with Gasteiger partial charge in [0.2, 0.25) is 0 Å². The van der Waals surface area contributed by atoms with Crippen molar-refractivity contribution in [2.45, 2.75) is 32.3 Å². The normalized spacial score (nSPS) is 17.2. The average molecular weight is 331 g/mol. The Morgan fingerprint density at radius 3 is 2.88 bits per heavy atom. The monoisotopic (exact) mass is 331 g/mol. The Morgan fingerprint density at radius 2 is 2.21 bits per heavy atom. The van der Waals surface area contributed by atoms with Crippen molar-refractivity contribution in [3.05, 3.63) is 48.0 Å². The Labute approximate surface area is 141 Å². The summed E-state index contributed by atoms with van der Waals surface area (Å²) in [5, 5.41) is 4.23. The third-order valence-corrected chi connectivity index (χ3v) is 4.15. The molecule has 0 radical (unpaired) electrons. The fourth-order valence-corrected chi connectivity index (χ4v) is 2.93. The van der Waals surface area contributed by atoms with Gasteiger partial charge in [0.15, 0.2) is 0 Å². The Hall–Kier alpha value is -2.21. The molecular weight excluding hydrogens is 309 g/mol. The summed E-state index contributed by atoms with van der Waals surface area (Å²) in [5.41, 5.74) is 1.25. The number of hydrogen-bond donors (Lipinski definition) is 0. The van der Waals surface area contributed by atoms with Gasteiger partial charge < -0.3 is 9.64 Å². The van der Waals surface area contributed by atoms with E-state index in [1.807, 2.05) is 4.90 Å². The molecule has 1 aromatic heterocycles. The van der Waals surface area contributed by atoms with E-state index >= 15 is 0 Å². The van der Waals surface area contributed by atoms with Crippen molar-refractivity contribution in [2.24, 2.45) is 0 Å². The first-order valence-electron chi connectivity index (χ1n) is 8.39. The van der Waals surface area contributed by atoms with Crippen LogP contribution in [0.25, 0.3) is 5.69 Å². The maximum Gasteiger partial charge on any atom is 0.257 e. The summed E-state index contributed by atoms with van der Waals surface area (Å²) >= 11 is 0. The molecule has 3 rings (SSSR count). The predicted molar refractivity (Wildman–Crippen MR) is 88.7 cm³/mol. The molecule has 1 atom stereocenters. The quantitative estimate of drug-likeness (QED) is 0.817. The molecule has 0 bridgehead atoms. The number of benzene rings is 1. The number of nitrogens with zero attached hydrogens (tertiary/aromatic N) is 3. The Balaban J connectivity index is 1.73. The molecule has 0 saturated carbocycles. The maximum absolute atomic E-state index is 13.0. The van der Waals surface area contributed by atoms with Crippen molar-refractivity contribution < 1.29 is 13.9 Å². The second-order valence-electron chi connectivity index (χ2n) is 6.04. The zero-order valence-corrected chi connectivity index (χ0v) is 13.8. The van der Waals surface area contributed by atoms with Crippen LogP contribution in [-0.2, 0) is 4.74 Å². The van der Waals surface area contributed by atoms with Crippen LogP contribution in [0.5, 0.6) is 0 Å². The highest BCUT2D eigenvalue weighted by atomic mass is 19.1. The summed E-state index contributed by atoms with van der Waals surface area (Å²) in [4.78, 5) is 14.6. The molecule has 0 spiro atoms. The highest BCUT2D eigenvalue weighted by Crippen LogP contribution is 2.16. The molecule has 128 valence electrons. The van der Waals surface area contributed by atoms with E-state index in [1.165, 1.54) is 12.1 Å². The third kappa shape index (κ3) is 3.82.